The summed E-state index contributed by atoms with van der Waals surface area (Å²) in [5.41, 5.74) is 8.20. The summed E-state index contributed by atoms with van der Waals surface area (Å²) in [5.74, 6) is 0. The lowest BCUT2D eigenvalue weighted by atomic mass is 10.1. The molecule has 0 spiro atoms. The zero-order valence-electron chi connectivity index (χ0n) is 16.1. The first-order valence-electron chi connectivity index (χ1n) is 9.23. The molecule has 0 aliphatic rings. The van der Waals surface area contributed by atoms with Crippen molar-refractivity contribution in [3.8, 4) is 16.9 Å². The van der Waals surface area contributed by atoms with E-state index in [1.165, 1.54) is 12.1 Å². The van der Waals surface area contributed by atoms with Gasteiger partial charge in [0.1, 0.15) is 0 Å². The molecule has 0 aliphatic carbocycles. The molecule has 8 nitrogen and oxygen atoms in total. The van der Waals surface area contributed by atoms with Crippen LogP contribution in [0, 0.1) is 10.1 Å². The largest absolute Gasteiger partial charge is 0.278 e. The number of hydrogen-bond acceptors (Lipinski definition) is 6. The third-order valence-electron chi connectivity index (χ3n) is 4.58. The number of non-ortho nitro benzene ring substituents is 1. The van der Waals surface area contributed by atoms with E-state index in [4.69, 9.17) is 0 Å². The molecule has 148 valence electrons. The molecule has 4 aromatic rings. The van der Waals surface area contributed by atoms with Crippen LogP contribution >= 0.6 is 0 Å². The second-order valence-electron chi connectivity index (χ2n) is 6.56. The Bertz CT molecular complexity index is 1180. The van der Waals surface area contributed by atoms with Gasteiger partial charge in [-0.05, 0) is 36.8 Å². The molecule has 1 aromatic heterocycles. The van der Waals surface area contributed by atoms with Crippen LogP contribution in [0.2, 0.25) is 0 Å². The number of anilines is 1. The number of benzene rings is 3. The highest BCUT2D eigenvalue weighted by molar-refractivity contribution is 5.99. The Morgan fingerprint density at radius 3 is 2.37 bits per heavy atom. The minimum atomic E-state index is -0.432. The summed E-state index contributed by atoms with van der Waals surface area (Å²) in [5, 5.41) is 23.3. The van der Waals surface area contributed by atoms with E-state index in [1.54, 1.807) is 23.0 Å². The molecule has 1 heterocycles. The quantitative estimate of drug-likeness (QED) is 0.289. The van der Waals surface area contributed by atoms with Crippen LogP contribution in [0.25, 0.3) is 16.9 Å². The van der Waals surface area contributed by atoms with Crippen molar-refractivity contribution in [2.75, 3.05) is 5.43 Å². The van der Waals surface area contributed by atoms with Gasteiger partial charge in [-0.15, -0.1) is 5.10 Å². The van der Waals surface area contributed by atoms with E-state index in [9.17, 15) is 10.1 Å². The fourth-order valence-electron chi connectivity index (χ4n) is 2.95. The predicted octanol–water partition coefficient (Wildman–Crippen LogP) is 4.68. The summed E-state index contributed by atoms with van der Waals surface area (Å²) in [4.78, 5) is 10.3. The van der Waals surface area contributed by atoms with Crippen LogP contribution in [0.15, 0.2) is 90.2 Å². The number of nitrogens with zero attached hydrogens (tertiary/aromatic N) is 5. The molecular weight excluding hydrogens is 380 g/mol. The fourth-order valence-corrected chi connectivity index (χ4v) is 2.95. The average Bonchev–Trinajstić information content (AvgIpc) is 3.28. The number of nitrogens with one attached hydrogen (secondary N) is 1. The van der Waals surface area contributed by atoms with Crippen LogP contribution in [0.5, 0.6) is 0 Å². The fraction of sp³-hybridized carbons (Fsp3) is 0.0455. The van der Waals surface area contributed by atoms with Crippen molar-refractivity contribution in [3.63, 3.8) is 0 Å². The van der Waals surface area contributed by atoms with Crippen molar-refractivity contribution in [3.05, 3.63) is 101 Å². The van der Waals surface area contributed by atoms with Crippen molar-refractivity contribution in [1.29, 1.82) is 0 Å². The molecule has 0 bridgehead atoms. The van der Waals surface area contributed by atoms with Gasteiger partial charge in [0.05, 0.1) is 33.9 Å². The zero-order valence-corrected chi connectivity index (χ0v) is 16.1. The SMILES string of the molecule is C/C(=N\Nc1ccc([N+](=O)[O-])cc1)c1ccc(-n2nncc2-c2ccccc2)cc1. The standard InChI is InChI=1S/C22H18N6O2/c1-16(24-25-19-9-13-21(14-10-19)28(29)30)17-7-11-20(12-8-17)27-22(15-23-26-27)18-5-3-2-4-6-18/h2-15,25H,1H3/b24-16+. The summed E-state index contributed by atoms with van der Waals surface area (Å²) in [6.45, 7) is 1.89. The molecule has 0 saturated carbocycles. The molecular formula is C22H18N6O2. The Morgan fingerprint density at radius 2 is 1.70 bits per heavy atom. The van der Waals surface area contributed by atoms with Gasteiger partial charge in [-0.3, -0.25) is 15.5 Å². The van der Waals surface area contributed by atoms with E-state index in [0.717, 1.165) is 28.2 Å². The summed E-state index contributed by atoms with van der Waals surface area (Å²) in [6, 6.07) is 23.9. The molecule has 0 radical (unpaired) electrons. The van der Waals surface area contributed by atoms with Gasteiger partial charge in [0, 0.05) is 17.7 Å². The van der Waals surface area contributed by atoms with Crippen molar-refractivity contribution in [2.45, 2.75) is 6.92 Å². The molecule has 1 N–H and O–H groups in total. The summed E-state index contributed by atoms with van der Waals surface area (Å²) in [7, 11) is 0. The smallest absolute Gasteiger partial charge is 0.269 e. The molecule has 4 rings (SSSR count). The van der Waals surface area contributed by atoms with Gasteiger partial charge in [-0.1, -0.05) is 47.7 Å². The molecule has 0 fully saturated rings. The topological polar surface area (TPSA) is 98.2 Å². The number of hydrogen-bond donors (Lipinski definition) is 1. The van der Waals surface area contributed by atoms with Gasteiger partial charge in [-0.2, -0.15) is 5.10 Å². The molecule has 0 amide bonds. The lowest BCUT2D eigenvalue weighted by molar-refractivity contribution is -0.384. The normalized spacial score (nSPS) is 11.3. The monoisotopic (exact) mass is 398 g/mol. The van der Waals surface area contributed by atoms with E-state index in [0.29, 0.717) is 5.69 Å². The van der Waals surface area contributed by atoms with Crippen LogP contribution < -0.4 is 5.43 Å². The highest BCUT2D eigenvalue weighted by Crippen LogP contribution is 2.21. The third kappa shape index (κ3) is 4.07. The van der Waals surface area contributed by atoms with Gasteiger partial charge < -0.3 is 0 Å². The van der Waals surface area contributed by atoms with Gasteiger partial charge >= 0.3 is 0 Å². The number of rotatable bonds is 6. The summed E-state index contributed by atoms with van der Waals surface area (Å²) in [6.07, 6.45) is 1.74. The van der Waals surface area contributed by atoms with Crippen molar-refractivity contribution in [1.82, 2.24) is 15.0 Å². The van der Waals surface area contributed by atoms with E-state index >= 15 is 0 Å². The zero-order chi connectivity index (χ0) is 20.9. The summed E-state index contributed by atoms with van der Waals surface area (Å²) >= 11 is 0. The maximum atomic E-state index is 10.7. The first-order valence-corrected chi connectivity index (χ1v) is 9.23. The minimum absolute atomic E-state index is 0.0415. The predicted molar refractivity (Wildman–Crippen MR) is 116 cm³/mol. The number of nitro benzene ring substituents is 1. The van der Waals surface area contributed by atoms with Crippen LogP contribution in [0.1, 0.15) is 12.5 Å². The minimum Gasteiger partial charge on any atom is -0.278 e. The Labute approximate surface area is 172 Å². The van der Waals surface area contributed by atoms with E-state index in [-0.39, 0.29) is 5.69 Å². The lowest BCUT2D eigenvalue weighted by Crippen LogP contribution is -2.02. The number of hydrazone groups is 1. The van der Waals surface area contributed by atoms with Gasteiger partial charge in [0.2, 0.25) is 0 Å². The Morgan fingerprint density at radius 1 is 1.00 bits per heavy atom. The van der Waals surface area contributed by atoms with Gasteiger partial charge in [0.25, 0.3) is 5.69 Å². The second kappa shape index (κ2) is 8.36. The molecule has 0 saturated heterocycles. The van der Waals surface area contributed by atoms with Crippen molar-refractivity contribution < 1.29 is 4.92 Å². The Balaban J connectivity index is 1.50. The van der Waals surface area contributed by atoms with E-state index in [1.807, 2.05) is 61.5 Å². The Kier molecular flexibility index (Phi) is 5.29. The molecule has 3 aromatic carbocycles. The van der Waals surface area contributed by atoms with E-state index < -0.39 is 4.92 Å². The first kappa shape index (κ1) is 19.0. The molecule has 0 atom stereocenters. The highest BCUT2D eigenvalue weighted by atomic mass is 16.6. The van der Waals surface area contributed by atoms with Crippen LogP contribution in [-0.4, -0.2) is 25.6 Å². The molecule has 30 heavy (non-hydrogen) atoms. The molecule has 8 heteroatoms. The van der Waals surface area contributed by atoms with Crippen molar-refractivity contribution in [2.24, 2.45) is 5.10 Å². The lowest BCUT2D eigenvalue weighted by Gasteiger charge is -2.08. The van der Waals surface area contributed by atoms with Crippen LogP contribution in [0.4, 0.5) is 11.4 Å². The average molecular weight is 398 g/mol. The third-order valence-corrected chi connectivity index (χ3v) is 4.58. The Hall–Kier alpha value is -4.33. The number of aromatic nitrogens is 3. The van der Waals surface area contributed by atoms with Crippen LogP contribution in [0.3, 0.4) is 0 Å². The van der Waals surface area contributed by atoms with Crippen molar-refractivity contribution >= 4 is 17.1 Å². The first-order chi connectivity index (χ1) is 14.6. The maximum absolute atomic E-state index is 10.7. The summed E-state index contributed by atoms with van der Waals surface area (Å²) < 4.78 is 1.79. The van der Waals surface area contributed by atoms with Gasteiger partial charge in [-0.25, -0.2) is 4.68 Å². The highest BCUT2D eigenvalue weighted by Gasteiger charge is 2.09. The van der Waals surface area contributed by atoms with Gasteiger partial charge in [0.15, 0.2) is 0 Å². The maximum Gasteiger partial charge on any atom is 0.269 e. The number of nitro groups is 1. The second-order valence-corrected chi connectivity index (χ2v) is 6.56. The van der Waals surface area contributed by atoms with E-state index in [2.05, 4.69) is 20.8 Å². The van der Waals surface area contributed by atoms with Crippen LogP contribution in [-0.2, 0) is 0 Å². The molecule has 0 aliphatic heterocycles. The molecule has 0 unspecified atom stereocenters.